The molecule has 0 amide bonds. The molecule has 1 N–H and O–H groups in total. The van der Waals surface area contributed by atoms with Crippen LogP contribution in [0, 0.1) is 0 Å². The van der Waals surface area contributed by atoms with E-state index in [0.717, 1.165) is 0 Å². The SMILES string of the molecule is O=S(=O)(O)c1cccc(Cl)c1Cl.[NaH]. The molecule has 0 fully saturated rings. The van der Waals surface area contributed by atoms with E-state index >= 15 is 0 Å². The number of rotatable bonds is 1. The first-order valence-electron chi connectivity index (χ1n) is 2.84. The maximum absolute atomic E-state index is 10.6. The first kappa shape index (κ1) is 13.7. The third-order valence-corrected chi connectivity index (χ3v) is 3.02. The van der Waals surface area contributed by atoms with Crippen molar-refractivity contribution >= 4 is 62.9 Å². The summed E-state index contributed by atoms with van der Waals surface area (Å²) in [6.07, 6.45) is 0. The van der Waals surface area contributed by atoms with Crippen LogP contribution in [-0.4, -0.2) is 42.5 Å². The Morgan fingerprint density at radius 2 is 1.77 bits per heavy atom. The topological polar surface area (TPSA) is 54.4 Å². The van der Waals surface area contributed by atoms with Crippen LogP contribution >= 0.6 is 23.2 Å². The summed E-state index contributed by atoms with van der Waals surface area (Å²) < 4.78 is 29.9. The number of halogens is 2. The molecule has 0 bridgehead atoms. The molecule has 7 heteroatoms. The van der Waals surface area contributed by atoms with E-state index in [9.17, 15) is 8.42 Å². The van der Waals surface area contributed by atoms with Crippen LogP contribution in [0.2, 0.25) is 10.0 Å². The van der Waals surface area contributed by atoms with E-state index in [-0.39, 0.29) is 44.5 Å². The zero-order chi connectivity index (χ0) is 9.35. The van der Waals surface area contributed by atoms with Crippen molar-refractivity contribution in [3.63, 3.8) is 0 Å². The van der Waals surface area contributed by atoms with E-state index in [1.54, 1.807) is 0 Å². The molecule has 0 spiro atoms. The fraction of sp³-hybridized carbons (Fsp3) is 0. The van der Waals surface area contributed by atoms with Gasteiger partial charge in [0.25, 0.3) is 10.1 Å². The van der Waals surface area contributed by atoms with Crippen molar-refractivity contribution in [1.82, 2.24) is 0 Å². The van der Waals surface area contributed by atoms with Crippen molar-refractivity contribution in [1.29, 1.82) is 0 Å². The van der Waals surface area contributed by atoms with Gasteiger partial charge in [-0.25, -0.2) is 0 Å². The van der Waals surface area contributed by atoms with Gasteiger partial charge in [0.15, 0.2) is 0 Å². The molecule has 1 aromatic carbocycles. The quantitative estimate of drug-likeness (QED) is 0.609. The van der Waals surface area contributed by atoms with E-state index in [0.29, 0.717) is 0 Å². The number of hydrogen-bond donors (Lipinski definition) is 1. The average molecular weight is 251 g/mol. The molecule has 1 aromatic rings. The van der Waals surface area contributed by atoms with Crippen molar-refractivity contribution in [3.8, 4) is 0 Å². The van der Waals surface area contributed by atoms with Crippen LogP contribution in [0.5, 0.6) is 0 Å². The molecule has 0 aliphatic rings. The number of hydrogen-bond acceptors (Lipinski definition) is 2. The summed E-state index contributed by atoms with van der Waals surface area (Å²) in [5.74, 6) is 0. The molecule has 0 radical (unpaired) electrons. The maximum atomic E-state index is 10.6. The molecule has 68 valence electrons. The fourth-order valence-corrected chi connectivity index (χ4v) is 1.92. The Balaban J connectivity index is 0.00000144. The molecule has 0 atom stereocenters. The predicted molar refractivity (Wildman–Crippen MR) is 53.4 cm³/mol. The van der Waals surface area contributed by atoms with Crippen LogP contribution in [-0.2, 0) is 10.1 Å². The van der Waals surface area contributed by atoms with Crippen LogP contribution in [0.4, 0.5) is 0 Å². The van der Waals surface area contributed by atoms with E-state index in [1.807, 2.05) is 0 Å². The van der Waals surface area contributed by atoms with Crippen molar-refractivity contribution in [3.05, 3.63) is 28.2 Å². The van der Waals surface area contributed by atoms with E-state index in [1.165, 1.54) is 18.2 Å². The summed E-state index contributed by atoms with van der Waals surface area (Å²) in [6, 6.07) is 3.99. The Bertz CT molecular complexity index is 404. The predicted octanol–water partition coefficient (Wildman–Crippen LogP) is 1.59. The summed E-state index contributed by atoms with van der Waals surface area (Å²) in [6.45, 7) is 0. The van der Waals surface area contributed by atoms with Crippen LogP contribution in [0.3, 0.4) is 0 Å². The second-order valence-corrected chi connectivity index (χ2v) is 4.20. The summed E-state index contributed by atoms with van der Waals surface area (Å²) in [5, 5.41) is -0.0755. The summed E-state index contributed by atoms with van der Waals surface area (Å²) in [5.41, 5.74) is 0. The monoisotopic (exact) mass is 250 g/mol. The molecule has 0 aliphatic heterocycles. The van der Waals surface area contributed by atoms with Gasteiger partial charge in [0.05, 0.1) is 10.0 Å². The van der Waals surface area contributed by atoms with Gasteiger partial charge >= 0.3 is 29.6 Å². The molecule has 0 aromatic heterocycles. The molecule has 0 saturated heterocycles. The summed E-state index contributed by atoms with van der Waals surface area (Å²) >= 11 is 11.0. The first-order valence-corrected chi connectivity index (χ1v) is 5.04. The van der Waals surface area contributed by atoms with Crippen LogP contribution in [0.15, 0.2) is 23.1 Å². The minimum atomic E-state index is -4.27. The Hall–Kier alpha value is 0.710. The molecular weight excluding hydrogens is 246 g/mol. The molecule has 1 rings (SSSR count). The molecule has 0 aliphatic carbocycles. The summed E-state index contributed by atoms with van der Waals surface area (Å²) in [7, 11) is -4.27. The number of benzene rings is 1. The van der Waals surface area contributed by atoms with Crippen molar-refractivity contribution < 1.29 is 13.0 Å². The van der Waals surface area contributed by atoms with Gasteiger partial charge in [0, 0.05) is 0 Å². The molecule has 0 saturated carbocycles. The first-order chi connectivity index (χ1) is 5.43. The van der Waals surface area contributed by atoms with Gasteiger partial charge < -0.3 is 0 Å². The summed E-state index contributed by atoms with van der Waals surface area (Å²) in [4.78, 5) is -0.378. The second-order valence-electron chi connectivity index (χ2n) is 2.03. The Morgan fingerprint density at radius 3 is 2.15 bits per heavy atom. The van der Waals surface area contributed by atoms with Gasteiger partial charge in [-0.15, -0.1) is 0 Å². The van der Waals surface area contributed by atoms with E-state index in [2.05, 4.69) is 0 Å². The van der Waals surface area contributed by atoms with Crippen molar-refractivity contribution in [2.75, 3.05) is 0 Å². The minimum absolute atomic E-state index is 0. The van der Waals surface area contributed by atoms with Gasteiger partial charge in [-0.05, 0) is 12.1 Å². The molecule has 3 nitrogen and oxygen atoms in total. The van der Waals surface area contributed by atoms with E-state index < -0.39 is 10.1 Å². The Morgan fingerprint density at radius 1 is 1.23 bits per heavy atom. The standard InChI is InChI=1S/C6H4Cl2O3S.Na.H/c7-4-2-1-3-5(6(4)8)12(9,10)11;;/h1-3H,(H,9,10,11);;. The third kappa shape index (κ3) is 3.40. The molecule has 0 heterocycles. The molecule has 13 heavy (non-hydrogen) atoms. The zero-order valence-electron chi connectivity index (χ0n) is 5.66. The van der Waals surface area contributed by atoms with Crippen molar-refractivity contribution in [2.45, 2.75) is 4.90 Å². The van der Waals surface area contributed by atoms with Crippen LogP contribution in [0.1, 0.15) is 0 Å². The van der Waals surface area contributed by atoms with Crippen LogP contribution < -0.4 is 0 Å². The fourth-order valence-electron chi connectivity index (χ4n) is 0.683. The second kappa shape index (κ2) is 4.98. The average Bonchev–Trinajstić information content (AvgIpc) is 1.92. The third-order valence-electron chi connectivity index (χ3n) is 1.19. The normalized spacial score (nSPS) is 10.7. The molecular formula is C6H5Cl2NaO3S. The van der Waals surface area contributed by atoms with Crippen LogP contribution in [0.25, 0.3) is 0 Å². The Kier molecular flexibility index (Phi) is 5.25. The van der Waals surface area contributed by atoms with Gasteiger partial charge in [0.2, 0.25) is 0 Å². The van der Waals surface area contributed by atoms with E-state index in [4.69, 9.17) is 27.8 Å². The van der Waals surface area contributed by atoms with Gasteiger partial charge in [-0.3, -0.25) is 4.55 Å². The molecule has 0 unspecified atom stereocenters. The van der Waals surface area contributed by atoms with Crippen molar-refractivity contribution in [2.24, 2.45) is 0 Å². The van der Waals surface area contributed by atoms with Gasteiger partial charge in [-0.2, -0.15) is 8.42 Å². The van der Waals surface area contributed by atoms with Gasteiger partial charge in [-0.1, -0.05) is 29.3 Å². The van der Waals surface area contributed by atoms with Gasteiger partial charge in [0.1, 0.15) is 4.90 Å². The zero-order valence-corrected chi connectivity index (χ0v) is 7.99. The Labute approximate surface area is 108 Å².